The first kappa shape index (κ1) is 22.4. The molecular formula is C21H27N3O7. The van der Waals surface area contributed by atoms with E-state index in [0.717, 1.165) is 23.5 Å². The average Bonchev–Trinajstić information content (AvgIpc) is 3.57. The van der Waals surface area contributed by atoms with Gasteiger partial charge >= 0.3 is 12.0 Å². The van der Waals surface area contributed by atoms with Crippen LogP contribution < -0.4 is 20.1 Å². The number of hydrogen-bond donors (Lipinski definition) is 2. The lowest BCUT2D eigenvalue weighted by molar-refractivity contribution is -0.151. The molecule has 1 atom stereocenters. The van der Waals surface area contributed by atoms with E-state index in [2.05, 4.69) is 10.6 Å². The zero-order chi connectivity index (χ0) is 22.4. The van der Waals surface area contributed by atoms with Crippen LogP contribution in [0.15, 0.2) is 24.3 Å². The van der Waals surface area contributed by atoms with Crippen molar-refractivity contribution in [1.82, 2.24) is 15.5 Å². The van der Waals surface area contributed by atoms with Crippen LogP contribution in [-0.4, -0.2) is 67.2 Å². The van der Waals surface area contributed by atoms with Crippen LogP contribution in [0.25, 0.3) is 0 Å². The maximum atomic E-state index is 12.5. The molecule has 1 aromatic carbocycles. The molecule has 1 heterocycles. The number of carbonyl (C=O) groups is 4. The maximum absolute atomic E-state index is 12.5. The zero-order valence-corrected chi connectivity index (χ0v) is 17.6. The molecule has 10 nitrogen and oxygen atoms in total. The van der Waals surface area contributed by atoms with E-state index in [4.69, 9.17) is 14.2 Å². The van der Waals surface area contributed by atoms with Crippen LogP contribution in [0.1, 0.15) is 26.7 Å². The highest BCUT2D eigenvalue weighted by molar-refractivity contribution is 6.08. The predicted octanol–water partition coefficient (Wildman–Crippen LogP) is 0.844. The lowest BCUT2D eigenvalue weighted by atomic mass is 9.96. The monoisotopic (exact) mass is 433 g/mol. The topological polar surface area (TPSA) is 123 Å². The van der Waals surface area contributed by atoms with E-state index >= 15 is 0 Å². The third-order valence-electron chi connectivity index (χ3n) is 5.17. The molecule has 1 aromatic rings. The van der Waals surface area contributed by atoms with E-state index < -0.39 is 42.5 Å². The molecule has 0 aromatic heterocycles. The van der Waals surface area contributed by atoms with Crippen molar-refractivity contribution >= 4 is 23.8 Å². The Kier molecular flexibility index (Phi) is 6.98. The number of rotatable bonds is 11. The molecule has 10 heteroatoms. The summed E-state index contributed by atoms with van der Waals surface area (Å²) in [5.41, 5.74) is -0.960. The Bertz CT molecular complexity index is 838. The molecule has 1 saturated carbocycles. The largest absolute Gasteiger partial charge is 0.494 e. The van der Waals surface area contributed by atoms with Gasteiger partial charge in [0.05, 0.1) is 13.2 Å². The number of imide groups is 1. The minimum Gasteiger partial charge on any atom is -0.494 e. The van der Waals surface area contributed by atoms with Gasteiger partial charge in [0.25, 0.3) is 11.8 Å². The fraction of sp³-hybridized carbons (Fsp3) is 0.524. The van der Waals surface area contributed by atoms with E-state index in [1.807, 2.05) is 6.92 Å². The average molecular weight is 433 g/mol. The molecule has 1 aliphatic carbocycles. The second kappa shape index (κ2) is 9.67. The first-order valence-electron chi connectivity index (χ1n) is 10.3. The van der Waals surface area contributed by atoms with Crippen LogP contribution in [0, 0.1) is 5.92 Å². The summed E-state index contributed by atoms with van der Waals surface area (Å²) in [6.07, 6.45) is 1.73. The molecule has 168 valence electrons. The van der Waals surface area contributed by atoms with E-state index in [0.29, 0.717) is 12.4 Å². The van der Waals surface area contributed by atoms with E-state index in [9.17, 15) is 19.2 Å². The van der Waals surface area contributed by atoms with Crippen LogP contribution in [0.2, 0.25) is 0 Å². The summed E-state index contributed by atoms with van der Waals surface area (Å²) in [6.45, 7) is 3.56. The number of ether oxygens (including phenoxy) is 3. The van der Waals surface area contributed by atoms with E-state index in [1.165, 1.54) is 0 Å². The smallest absolute Gasteiger partial charge is 0.326 e. The van der Waals surface area contributed by atoms with Gasteiger partial charge in [0.15, 0.2) is 6.61 Å². The van der Waals surface area contributed by atoms with Crippen molar-refractivity contribution in [3.63, 3.8) is 0 Å². The van der Waals surface area contributed by atoms with Crippen molar-refractivity contribution in [2.45, 2.75) is 32.2 Å². The first-order chi connectivity index (χ1) is 14.8. The Morgan fingerprint density at radius 3 is 2.42 bits per heavy atom. The third kappa shape index (κ3) is 5.65. The second-order valence-corrected chi connectivity index (χ2v) is 7.56. The van der Waals surface area contributed by atoms with Gasteiger partial charge in [-0.25, -0.2) is 4.79 Å². The van der Waals surface area contributed by atoms with Gasteiger partial charge in [0.1, 0.15) is 30.2 Å². The van der Waals surface area contributed by atoms with Gasteiger partial charge in [-0.05, 0) is 56.9 Å². The van der Waals surface area contributed by atoms with Crippen molar-refractivity contribution in [2.75, 3.05) is 32.9 Å². The highest BCUT2D eigenvalue weighted by Gasteiger charge is 2.56. The molecule has 0 bridgehead atoms. The molecule has 2 fully saturated rings. The molecule has 0 spiro atoms. The lowest BCUT2D eigenvalue weighted by Gasteiger charge is -2.20. The first-order valence-corrected chi connectivity index (χ1v) is 10.3. The Morgan fingerprint density at radius 2 is 1.81 bits per heavy atom. The molecule has 1 unspecified atom stereocenters. The molecule has 2 N–H and O–H groups in total. The number of benzene rings is 1. The van der Waals surface area contributed by atoms with Crippen LogP contribution in [0.3, 0.4) is 0 Å². The number of carbonyl (C=O) groups excluding carboxylic acids is 4. The van der Waals surface area contributed by atoms with Crippen molar-refractivity contribution in [3.05, 3.63) is 24.3 Å². The summed E-state index contributed by atoms with van der Waals surface area (Å²) in [5, 5.41) is 5.21. The van der Waals surface area contributed by atoms with Crippen molar-refractivity contribution in [2.24, 2.45) is 5.92 Å². The van der Waals surface area contributed by atoms with Gasteiger partial charge in [-0.15, -0.1) is 0 Å². The summed E-state index contributed by atoms with van der Waals surface area (Å²) < 4.78 is 15.7. The van der Waals surface area contributed by atoms with Gasteiger partial charge < -0.3 is 24.8 Å². The minimum atomic E-state index is -0.960. The van der Waals surface area contributed by atoms with Gasteiger partial charge in [0, 0.05) is 0 Å². The SMILES string of the molecule is CCOc1ccc(OCCNC(=O)COC(=O)CN2C(=O)NC(C)(C3CC3)C2=O)cc1. The van der Waals surface area contributed by atoms with Crippen LogP contribution in [-0.2, 0) is 19.1 Å². The third-order valence-corrected chi connectivity index (χ3v) is 5.17. The Hall–Kier alpha value is -3.30. The summed E-state index contributed by atoms with van der Waals surface area (Å²) >= 11 is 0. The Labute approximate surface area is 180 Å². The molecule has 31 heavy (non-hydrogen) atoms. The number of nitrogens with one attached hydrogen (secondary N) is 2. The fourth-order valence-corrected chi connectivity index (χ4v) is 3.33. The Morgan fingerprint density at radius 1 is 1.16 bits per heavy atom. The molecule has 1 aliphatic heterocycles. The van der Waals surface area contributed by atoms with Gasteiger partial charge in [-0.3, -0.25) is 19.3 Å². The lowest BCUT2D eigenvalue weighted by Crippen LogP contribution is -2.46. The van der Waals surface area contributed by atoms with Crippen LogP contribution >= 0.6 is 0 Å². The summed E-state index contributed by atoms with van der Waals surface area (Å²) in [7, 11) is 0. The standard InChI is InChI=1S/C21H27N3O7/c1-3-29-15-6-8-16(9-7-15)30-11-10-22-17(25)13-31-18(26)12-24-19(27)21(2,14-4-5-14)23-20(24)28/h6-9,14H,3-5,10-13H2,1-2H3,(H,22,25)(H,23,28). The van der Waals surface area contributed by atoms with Crippen molar-refractivity contribution in [1.29, 1.82) is 0 Å². The van der Waals surface area contributed by atoms with E-state index in [-0.39, 0.29) is 19.1 Å². The summed E-state index contributed by atoms with van der Waals surface area (Å²) in [5.74, 6) is -0.299. The van der Waals surface area contributed by atoms with Crippen LogP contribution in [0.5, 0.6) is 11.5 Å². The normalized spacial score (nSPS) is 20.3. The maximum Gasteiger partial charge on any atom is 0.326 e. The molecule has 0 radical (unpaired) electrons. The molecule has 4 amide bonds. The summed E-state index contributed by atoms with van der Waals surface area (Å²) in [4.78, 5) is 49.1. The zero-order valence-electron chi connectivity index (χ0n) is 17.6. The number of urea groups is 1. The van der Waals surface area contributed by atoms with Crippen molar-refractivity contribution in [3.8, 4) is 11.5 Å². The number of esters is 1. The number of amides is 4. The van der Waals surface area contributed by atoms with Gasteiger partial charge in [-0.2, -0.15) is 0 Å². The highest BCUT2D eigenvalue weighted by atomic mass is 16.5. The second-order valence-electron chi connectivity index (χ2n) is 7.56. The highest BCUT2D eigenvalue weighted by Crippen LogP contribution is 2.42. The van der Waals surface area contributed by atoms with E-state index in [1.54, 1.807) is 31.2 Å². The fourth-order valence-electron chi connectivity index (χ4n) is 3.33. The molecular weight excluding hydrogens is 406 g/mol. The molecule has 2 aliphatic rings. The minimum absolute atomic E-state index is 0.0978. The number of hydrogen-bond acceptors (Lipinski definition) is 7. The Balaban J connectivity index is 1.32. The molecule has 3 rings (SSSR count). The summed E-state index contributed by atoms with van der Waals surface area (Å²) in [6, 6.07) is 6.48. The molecule has 1 saturated heterocycles. The number of nitrogens with zero attached hydrogens (tertiary/aromatic N) is 1. The van der Waals surface area contributed by atoms with Crippen molar-refractivity contribution < 1.29 is 33.4 Å². The van der Waals surface area contributed by atoms with Gasteiger partial charge in [-0.1, -0.05) is 0 Å². The quantitative estimate of drug-likeness (QED) is 0.301. The van der Waals surface area contributed by atoms with Gasteiger partial charge in [0.2, 0.25) is 0 Å². The predicted molar refractivity (Wildman–Crippen MR) is 108 cm³/mol. The van der Waals surface area contributed by atoms with Crippen LogP contribution in [0.4, 0.5) is 4.79 Å².